The van der Waals surface area contributed by atoms with Gasteiger partial charge in [-0.3, -0.25) is 0 Å². The van der Waals surface area contributed by atoms with Gasteiger partial charge in [0.05, 0.1) is 5.54 Å². The Morgan fingerprint density at radius 1 is 1.20 bits per heavy atom. The van der Waals surface area contributed by atoms with Crippen molar-refractivity contribution in [1.29, 1.82) is 0 Å². The summed E-state index contributed by atoms with van der Waals surface area (Å²) in [6.45, 7) is 5.27. The highest BCUT2D eigenvalue weighted by atomic mass is 16.5. The summed E-state index contributed by atoms with van der Waals surface area (Å²) >= 11 is 0. The molecule has 15 heavy (non-hydrogen) atoms. The van der Waals surface area contributed by atoms with E-state index in [-0.39, 0.29) is 5.54 Å². The van der Waals surface area contributed by atoms with Crippen molar-refractivity contribution in [2.75, 3.05) is 6.61 Å². The van der Waals surface area contributed by atoms with Crippen LogP contribution in [0.25, 0.3) is 0 Å². The summed E-state index contributed by atoms with van der Waals surface area (Å²) in [7, 11) is 0. The van der Waals surface area contributed by atoms with E-state index in [0.717, 1.165) is 25.3 Å². The summed E-state index contributed by atoms with van der Waals surface area (Å²) < 4.78 is 5.84. The minimum atomic E-state index is 0.118. The predicted molar refractivity (Wildman–Crippen MR) is 63.3 cm³/mol. The molecule has 2 heteroatoms. The van der Waals surface area contributed by atoms with E-state index in [1.165, 1.54) is 32.1 Å². The molecule has 0 aromatic rings. The van der Waals surface area contributed by atoms with Gasteiger partial charge >= 0.3 is 0 Å². The molecule has 0 saturated heterocycles. The van der Waals surface area contributed by atoms with Crippen molar-refractivity contribution in [2.45, 2.75) is 64.3 Å². The van der Waals surface area contributed by atoms with Crippen LogP contribution in [0.4, 0.5) is 0 Å². The van der Waals surface area contributed by atoms with Crippen LogP contribution in [0.2, 0.25) is 0 Å². The number of nitrogens with zero attached hydrogens (tertiary/aromatic N) is 1. The monoisotopic (exact) mass is 209 g/mol. The van der Waals surface area contributed by atoms with Gasteiger partial charge < -0.3 is 4.74 Å². The van der Waals surface area contributed by atoms with E-state index >= 15 is 0 Å². The van der Waals surface area contributed by atoms with Crippen LogP contribution < -0.4 is 0 Å². The van der Waals surface area contributed by atoms with E-state index in [1.807, 2.05) is 0 Å². The van der Waals surface area contributed by atoms with Crippen molar-refractivity contribution in [2.24, 2.45) is 10.9 Å². The first-order chi connectivity index (χ1) is 7.29. The van der Waals surface area contributed by atoms with Gasteiger partial charge in [-0.2, -0.15) is 0 Å². The molecule has 1 fully saturated rings. The van der Waals surface area contributed by atoms with Gasteiger partial charge in [0.15, 0.2) is 5.90 Å². The first kappa shape index (κ1) is 11.0. The fourth-order valence-corrected chi connectivity index (χ4v) is 2.68. The molecule has 1 heterocycles. The van der Waals surface area contributed by atoms with Crippen molar-refractivity contribution < 1.29 is 4.74 Å². The highest BCUT2D eigenvalue weighted by molar-refractivity contribution is 5.80. The van der Waals surface area contributed by atoms with Crippen molar-refractivity contribution >= 4 is 5.90 Å². The Bertz CT molecular complexity index is 237. The Morgan fingerprint density at radius 2 is 1.87 bits per heavy atom. The van der Waals surface area contributed by atoms with E-state index in [2.05, 4.69) is 13.8 Å². The maximum Gasteiger partial charge on any atom is 0.187 e. The third-order valence-electron chi connectivity index (χ3n) is 4.11. The molecule has 1 saturated carbocycles. The molecule has 0 amide bonds. The van der Waals surface area contributed by atoms with Crippen molar-refractivity contribution in [3.8, 4) is 0 Å². The van der Waals surface area contributed by atoms with Crippen LogP contribution in [0.3, 0.4) is 0 Å². The van der Waals surface area contributed by atoms with Crippen LogP contribution in [0.15, 0.2) is 4.99 Å². The minimum Gasteiger partial charge on any atom is -0.478 e. The summed E-state index contributed by atoms with van der Waals surface area (Å²) in [4.78, 5) is 4.87. The molecular formula is C13H23NO. The number of hydrogen-bond acceptors (Lipinski definition) is 2. The zero-order chi connectivity index (χ0) is 10.7. The molecule has 0 aromatic carbocycles. The normalized spacial score (nSPS) is 26.1. The van der Waals surface area contributed by atoms with E-state index < -0.39 is 0 Å². The first-order valence-electron chi connectivity index (χ1n) is 6.52. The van der Waals surface area contributed by atoms with E-state index in [1.54, 1.807) is 0 Å². The maximum atomic E-state index is 5.84. The molecule has 0 radical (unpaired) electrons. The number of rotatable bonds is 3. The maximum absolute atomic E-state index is 5.84. The van der Waals surface area contributed by atoms with Gasteiger partial charge in [0.25, 0.3) is 0 Å². The Kier molecular flexibility index (Phi) is 3.32. The molecule has 86 valence electrons. The van der Waals surface area contributed by atoms with Crippen LogP contribution in [-0.4, -0.2) is 18.0 Å². The second-order valence-electron chi connectivity index (χ2n) is 5.01. The second kappa shape index (κ2) is 4.54. The summed E-state index contributed by atoms with van der Waals surface area (Å²) in [5.74, 6) is 1.72. The minimum absolute atomic E-state index is 0.118. The van der Waals surface area contributed by atoms with Crippen molar-refractivity contribution in [3.63, 3.8) is 0 Å². The van der Waals surface area contributed by atoms with E-state index in [9.17, 15) is 0 Å². The zero-order valence-electron chi connectivity index (χ0n) is 10.1. The number of ether oxygens (including phenoxy) is 1. The lowest BCUT2D eigenvalue weighted by Crippen LogP contribution is -2.25. The van der Waals surface area contributed by atoms with Gasteiger partial charge in [0, 0.05) is 5.92 Å². The lowest BCUT2D eigenvalue weighted by Gasteiger charge is -2.20. The quantitative estimate of drug-likeness (QED) is 0.696. The van der Waals surface area contributed by atoms with Gasteiger partial charge in [-0.25, -0.2) is 4.99 Å². The smallest absolute Gasteiger partial charge is 0.187 e. The van der Waals surface area contributed by atoms with E-state index in [0.29, 0.717) is 5.92 Å². The molecule has 0 bridgehead atoms. The second-order valence-corrected chi connectivity index (χ2v) is 5.01. The molecule has 0 spiro atoms. The van der Waals surface area contributed by atoms with Gasteiger partial charge in [0.2, 0.25) is 0 Å². The van der Waals surface area contributed by atoms with Crippen LogP contribution >= 0.6 is 0 Å². The lowest BCUT2D eigenvalue weighted by molar-refractivity contribution is 0.229. The predicted octanol–water partition coefficient (Wildman–Crippen LogP) is 3.55. The van der Waals surface area contributed by atoms with E-state index in [4.69, 9.17) is 9.73 Å². The molecule has 0 unspecified atom stereocenters. The molecule has 1 aliphatic carbocycles. The lowest BCUT2D eigenvalue weighted by atomic mass is 9.89. The number of hydrogen-bond donors (Lipinski definition) is 0. The molecular weight excluding hydrogens is 186 g/mol. The van der Waals surface area contributed by atoms with Crippen LogP contribution in [0, 0.1) is 5.92 Å². The molecule has 1 aliphatic heterocycles. The number of aliphatic imine (C=N–C) groups is 1. The Morgan fingerprint density at radius 3 is 2.40 bits per heavy atom. The van der Waals surface area contributed by atoms with Gasteiger partial charge in [-0.15, -0.1) is 0 Å². The first-order valence-corrected chi connectivity index (χ1v) is 6.52. The third-order valence-corrected chi connectivity index (χ3v) is 4.11. The molecule has 0 aromatic heterocycles. The standard InChI is InChI=1S/C13H23NO/c1-3-13(4-2)10-15-12(14-13)11-8-6-5-7-9-11/h11H,3-10H2,1-2H3. The average Bonchev–Trinajstić information content (AvgIpc) is 2.75. The van der Waals surface area contributed by atoms with Crippen LogP contribution in [-0.2, 0) is 4.74 Å². The van der Waals surface area contributed by atoms with Gasteiger partial charge in [-0.1, -0.05) is 33.1 Å². The van der Waals surface area contributed by atoms with Crippen LogP contribution in [0.1, 0.15) is 58.8 Å². The van der Waals surface area contributed by atoms with Crippen molar-refractivity contribution in [1.82, 2.24) is 0 Å². The highest BCUT2D eigenvalue weighted by Gasteiger charge is 2.35. The molecule has 2 aliphatic rings. The fraction of sp³-hybridized carbons (Fsp3) is 0.923. The largest absolute Gasteiger partial charge is 0.478 e. The topological polar surface area (TPSA) is 21.6 Å². The Labute approximate surface area is 93.1 Å². The highest BCUT2D eigenvalue weighted by Crippen LogP contribution is 2.33. The van der Waals surface area contributed by atoms with Crippen LogP contribution in [0.5, 0.6) is 0 Å². The Hall–Kier alpha value is -0.530. The summed E-state index contributed by atoms with van der Waals surface area (Å²) in [5, 5.41) is 0. The molecule has 2 nitrogen and oxygen atoms in total. The average molecular weight is 209 g/mol. The summed E-state index contributed by atoms with van der Waals surface area (Å²) in [6, 6.07) is 0. The molecule has 2 rings (SSSR count). The zero-order valence-corrected chi connectivity index (χ0v) is 10.1. The Balaban J connectivity index is 2.04. The van der Waals surface area contributed by atoms with Gasteiger partial charge in [-0.05, 0) is 25.7 Å². The SMILES string of the molecule is CCC1(CC)COC(C2CCCCC2)=N1. The summed E-state index contributed by atoms with van der Waals surface area (Å²) in [5.41, 5.74) is 0.118. The van der Waals surface area contributed by atoms with Crippen molar-refractivity contribution in [3.05, 3.63) is 0 Å². The third kappa shape index (κ3) is 2.19. The van der Waals surface area contributed by atoms with Gasteiger partial charge in [0.1, 0.15) is 6.61 Å². The molecule has 0 atom stereocenters. The molecule has 0 N–H and O–H groups in total. The summed E-state index contributed by atoms with van der Waals surface area (Å²) in [6.07, 6.45) is 8.93. The fourth-order valence-electron chi connectivity index (χ4n) is 2.68.